The number of esters is 1. The number of carbonyl (C=O) groups excluding carboxylic acids is 1. The Labute approximate surface area is 121 Å². The van der Waals surface area contributed by atoms with Crippen LogP contribution in [-0.2, 0) is 16.1 Å². The van der Waals surface area contributed by atoms with Gasteiger partial charge in [0.05, 0.1) is 18.4 Å². The average molecular weight is 274 g/mol. The molecule has 2 unspecified atom stereocenters. The first-order valence-electron chi connectivity index (χ1n) is 6.82. The van der Waals surface area contributed by atoms with Gasteiger partial charge in [0, 0.05) is 12.6 Å². The predicted molar refractivity (Wildman–Crippen MR) is 77.7 cm³/mol. The Hall–Kier alpha value is -1.86. The van der Waals surface area contributed by atoms with Gasteiger partial charge in [-0.15, -0.1) is 0 Å². The molecule has 20 heavy (non-hydrogen) atoms. The van der Waals surface area contributed by atoms with Crippen LogP contribution in [-0.4, -0.2) is 30.5 Å². The average Bonchev–Trinajstić information content (AvgIpc) is 2.45. The van der Waals surface area contributed by atoms with Crippen molar-refractivity contribution >= 4 is 5.97 Å². The van der Waals surface area contributed by atoms with Crippen LogP contribution >= 0.6 is 0 Å². The number of ether oxygens (including phenoxy) is 1. The van der Waals surface area contributed by atoms with Crippen molar-refractivity contribution in [3.8, 4) is 6.07 Å². The minimum Gasteiger partial charge on any atom is -0.461 e. The smallest absolute Gasteiger partial charge is 0.310 e. The second-order valence-corrected chi connectivity index (χ2v) is 5.15. The molecule has 0 aliphatic carbocycles. The molecular weight excluding hydrogens is 252 g/mol. The molecule has 4 nitrogen and oxygen atoms in total. The molecule has 0 saturated carbocycles. The highest BCUT2D eigenvalue weighted by molar-refractivity contribution is 5.72. The fraction of sp³-hybridized carbons (Fsp3) is 0.500. The summed E-state index contributed by atoms with van der Waals surface area (Å²) >= 11 is 0. The molecule has 0 radical (unpaired) electrons. The lowest BCUT2D eigenvalue weighted by molar-refractivity contribution is -0.150. The Bertz CT molecular complexity index is 453. The van der Waals surface area contributed by atoms with E-state index in [4.69, 9.17) is 10.00 Å². The Kier molecular flexibility index (Phi) is 6.75. The SMILES string of the molecule is CC(CN(C)C(C)CC#N)C(=O)OCc1ccccc1. The summed E-state index contributed by atoms with van der Waals surface area (Å²) in [6.45, 7) is 4.73. The summed E-state index contributed by atoms with van der Waals surface area (Å²) < 4.78 is 5.30. The molecule has 0 aliphatic heterocycles. The van der Waals surface area contributed by atoms with Gasteiger partial charge >= 0.3 is 5.97 Å². The monoisotopic (exact) mass is 274 g/mol. The molecule has 108 valence electrons. The second kappa shape index (κ2) is 8.34. The topological polar surface area (TPSA) is 53.3 Å². The van der Waals surface area contributed by atoms with Gasteiger partial charge in [-0.3, -0.25) is 4.79 Å². The van der Waals surface area contributed by atoms with Gasteiger partial charge in [0.1, 0.15) is 6.61 Å². The van der Waals surface area contributed by atoms with Crippen LogP contribution < -0.4 is 0 Å². The van der Waals surface area contributed by atoms with Crippen molar-refractivity contribution in [1.82, 2.24) is 4.90 Å². The van der Waals surface area contributed by atoms with E-state index in [1.165, 1.54) is 0 Å². The van der Waals surface area contributed by atoms with Gasteiger partial charge < -0.3 is 9.64 Å². The largest absolute Gasteiger partial charge is 0.461 e. The van der Waals surface area contributed by atoms with Crippen molar-refractivity contribution in [2.45, 2.75) is 32.9 Å². The molecule has 4 heteroatoms. The van der Waals surface area contributed by atoms with Crippen LogP contribution in [0.3, 0.4) is 0 Å². The quantitative estimate of drug-likeness (QED) is 0.717. The Morgan fingerprint density at radius 1 is 1.35 bits per heavy atom. The molecule has 1 aromatic rings. The number of benzene rings is 1. The summed E-state index contributed by atoms with van der Waals surface area (Å²) in [6.07, 6.45) is 0.461. The van der Waals surface area contributed by atoms with E-state index in [2.05, 4.69) is 6.07 Å². The van der Waals surface area contributed by atoms with Crippen molar-refractivity contribution < 1.29 is 9.53 Å². The number of hydrogen-bond donors (Lipinski definition) is 0. The van der Waals surface area contributed by atoms with Crippen molar-refractivity contribution in [1.29, 1.82) is 5.26 Å². The molecule has 0 spiro atoms. The summed E-state index contributed by atoms with van der Waals surface area (Å²) in [7, 11) is 1.92. The summed E-state index contributed by atoms with van der Waals surface area (Å²) in [5.74, 6) is -0.408. The maximum Gasteiger partial charge on any atom is 0.310 e. The zero-order chi connectivity index (χ0) is 15.0. The summed E-state index contributed by atoms with van der Waals surface area (Å²) in [5, 5.41) is 8.67. The fourth-order valence-electron chi connectivity index (χ4n) is 1.85. The lowest BCUT2D eigenvalue weighted by Gasteiger charge is -2.25. The molecule has 1 rings (SSSR count). The van der Waals surface area contributed by atoms with Crippen LogP contribution in [0.15, 0.2) is 30.3 Å². The third-order valence-electron chi connectivity index (χ3n) is 3.33. The van der Waals surface area contributed by atoms with Crippen molar-refractivity contribution in [3.63, 3.8) is 0 Å². The first-order valence-corrected chi connectivity index (χ1v) is 6.82. The molecule has 0 saturated heterocycles. The Morgan fingerprint density at radius 2 is 2.00 bits per heavy atom. The third kappa shape index (κ3) is 5.41. The van der Waals surface area contributed by atoms with Crippen LogP contribution in [0.1, 0.15) is 25.8 Å². The zero-order valence-corrected chi connectivity index (χ0v) is 12.4. The molecule has 0 bridgehead atoms. The molecule has 0 amide bonds. The highest BCUT2D eigenvalue weighted by atomic mass is 16.5. The van der Waals surface area contributed by atoms with E-state index in [1.54, 1.807) is 0 Å². The molecule has 0 fully saturated rings. The van der Waals surface area contributed by atoms with Crippen LogP contribution in [0, 0.1) is 17.2 Å². The normalized spacial score (nSPS) is 13.6. The van der Waals surface area contributed by atoms with E-state index < -0.39 is 0 Å². The lowest BCUT2D eigenvalue weighted by Crippen LogP contribution is -2.35. The highest BCUT2D eigenvalue weighted by Crippen LogP contribution is 2.09. The first-order chi connectivity index (χ1) is 9.54. The molecule has 0 N–H and O–H groups in total. The van der Waals surface area contributed by atoms with Gasteiger partial charge in [0.2, 0.25) is 0 Å². The zero-order valence-electron chi connectivity index (χ0n) is 12.4. The number of nitriles is 1. The number of rotatable bonds is 7. The van der Waals surface area contributed by atoms with E-state index in [0.717, 1.165) is 5.56 Å². The Morgan fingerprint density at radius 3 is 2.60 bits per heavy atom. The Balaban J connectivity index is 2.38. The third-order valence-corrected chi connectivity index (χ3v) is 3.33. The van der Waals surface area contributed by atoms with Gasteiger partial charge in [-0.25, -0.2) is 0 Å². The van der Waals surface area contributed by atoms with Crippen LogP contribution in [0.2, 0.25) is 0 Å². The van der Waals surface area contributed by atoms with E-state index in [0.29, 0.717) is 19.6 Å². The molecule has 0 heterocycles. The number of carbonyl (C=O) groups is 1. The van der Waals surface area contributed by atoms with Crippen LogP contribution in [0.25, 0.3) is 0 Å². The molecule has 2 atom stereocenters. The number of hydrogen-bond acceptors (Lipinski definition) is 4. The van der Waals surface area contributed by atoms with E-state index in [9.17, 15) is 4.79 Å². The minimum atomic E-state index is -0.204. The second-order valence-electron chi connectivity index (χ2n) is 5.15. The maximum absolute atomic E-state index is 11.9. The van der Waals surface area contributed by atoms with Crippen LogP contribution in [0.5, 0.6) is 0 Å². The summed E-state index contributed by atoms with van der Waals surface area (Å²) in [5.41, 5.74) is 0.985. The van der Waals surface area contributed by atoms with E-state index >= 15 is 0 Å². The van der Waals surface area contributed by atoms with Gasteiger partial charge in [0.25, 0.3) is 0 Å². The van der Waals surface area contributed by atoms with Gasteiger partial charge in [-0.2, -0.15) is 5.26 Å². The van der Waals surface area contributed by atoms with Crippen molar-refractivity contribution in [3.05, 3.63) is 35.9 Å². The lowest BCUT2D eigenvalue weighted by atomic mass is 10.1. The molecule has 1 aromatic carbocycles. The predicted octanol–water partition coefficient (Wildman–Crippen LogP) is 2.60. The van der Waals surface area contributed by atoms with Gasteiger partial charge in [-0.1, -0.05) is 37.3 Å². The van der Waals surface area contributed by atoms with E-state index in [-0.39, 0.29) is 17.9 Å². The molecule has 0 aromatic heterocycles. The van der Waals surface area contributed by atoms with Crippen LogP contribution in [0.4, 0.5) is 0 Å². The van der Waals surface area contributed by atoms with Gasteiger partial charge in [-0.05, 0) is 19.5 Å². The van der Waals surface area contributed by atoms with Crippen molar-refractivity contribution in [2.24, 2.45) is 5.92 Å². The number of nitrogens with zero attached hydrogens (tertiary/aromatic N) is 2. The first kappa shape index (κ1) is 16.2. The fourth-order valence-corrected chi connectivity index (χ4v) is 1.85. The van der Waals surface area contributed by atoms with Gasteiger partial charge in [0.15, 0.2) is 0 Å². The van der Waals surface area contributed by atoms with Crippen molar-refractivity contribution in [2.75, 3.05) is 13.6 Å². The van der Waals surface area contributed by atoms with E-state index in [1.807, 2.05) is 56.1 Å². The maximum atomic E-state index is 11.9. The minimum absolute atomic E-state index is 0.143. The summed E-state index contributed by atoms with van der Waals surface area (Å²) in [4.78, 5) is 13.9. The molecular formula is C16H22N2O2. The summed E-state index contributed by atoms with van der Waals surface area (Å²) in [6, 6.07) is 11.9. The highest BCUT2D eigenvalue weighted by Gasteiger charge is 2.19. The molecule has 0 aliphatic rings. The standard InChI is InChI=1S/C16H22N2O2/c1-13(11-18(3)14(2)9-10-17)16(19)20-12-15-7-5-4-6-8-15/h4-8,13-14H,9,11-12H2,1-3H3.